The number of ether oxygens (including phenoxy) is 1. The Morgan fingerprint density at radius 3 is 2.59 bits per heavy atom. The lowest BCUT2D eigenvalue weighted by molar-refractivity contribution is 0.269. The van der Waals surface area contributed by atoms with Gasteiger partial charge in [0.05, 0.1) is 12.3 Å². The second-order valence-corrected chi connectivity index (χ2v) is 4.21. The minimum absolute atomic E-state index is 0.342. The van der Waals surface area contributed by atoms with Gasteiger partial charge in [-0.25, -0.2) is 0 Å². The first-order chi connectivity index (χ1) is 8.06. The monoisotopic (exact) mass is 234 g/mol. The van der Waals surface area contributed by atoms with Crippen LogP contribution in [0.3, 0.4) is 0 Å². The third-order valence-electron chi connectivity index (χ3n) is 2.52. The first-order valence-electron chi connectivity index (χ1n) is 5.57. The van der Waals surface area contributed by atoms with E-state index >= 15 is 0 Å². The molecule has 5 nitrogen and oxygen atoms in total. The van der Waals surface area contributed by atoms with Gasteiger partial charge in [-0.1, -0.05) is 0 Å². The standard InChI is InChI=1S/C12H18N4O/c1-9-10(2)14-15-12(11(9)8-13)17-7-5-6-16(3)4/h5-7H2,1-4H3. The van der Waals surface area contributed by atoms with Gasteiger partial charge in [0.2, 0.25) is 0 Å². The zero-order chi connectivity index (χ0) is 12.8. The first-order valence-corrected chi connectivity index (χ1v) is 5.57. The minimum atomic E-state index is 0.342. The molecule has 5 heteroatoms. The van der Waals surface area contributed by atoms with Crippen LogP contribution in [0.25, 0.3) is 0 Å². The summed E-state index contributed by atoms with van der Waals surface area (Å²) in [4.78, 5) is 2.08. The fourth-order valence-electron chi connectivity index (χ4n) is 1.37. The summed E-state index contributed by atoms with van der Waals surface area (Å²) in [5, 5.41) is 16.9. The van der Waals surface area contributed by atoms with Crippen LogP contribution in [0.4, 0.5) is 0 Å². The Balaban J connectivity index is 2.66. The predicted octanol–water partition coefficient (Wildman–Crippen LogP) is 1.30. The maximum atomic E-state index is 9.06. The first kappa shape index (κ1) is 13.4. The molecule has 0 unspecified atom stereocenters. The lowest BCUT2D eigenvalue weighted by Gasteiger charge is -2.11. The number of rotatable bonds is 5. The van der Waals surface area contributed by atoms with E-state index in [2.05, 4.69) is 21.2 Å². The van der Waals surface area contributed by atoms with Crippen molar-refractivity contribution >= 4 is 0 Å². The molecule has 0 aliphatic carbocycles. The molecule has 0 saturated heterocycles. The van der Waals surface area contributed by atoms with E-state index in [0.29, 0.717) is 18.1 Å². The van der Waals surface area contributed by atoms with Crippen LogP contribution in [0.5, 0.6) is 5.88 Å². The molecule has 0 amide bonds. The summed E-state index contributed by atoms with van der Waals surface area (Å²) in [5.74, 6) is 0.342. The average Bonchev–Trinajstić information content (AvgIpc) is 2.29. The summed E-state index contributed by atoms with van der Waals surface area (Å²) in [5.41, 5.74) is 2.09. The molecule has 1 aromatic rings. The molecule has 92 valence electrons. The highest BCUT2D eigenvalue weighted by Crippen LogP contribution is 2.19. The molecule has 1 aromatic heterocycles. The third kappa shape index (κ3) is 3.68. The van der Waals surface area contributed by atoms with E-state index in [1.165, 1.54) is 0 Å². The highest BCUT2D eigenvalue weighted by atomic mass is 16.5. The van der Waals surface area contributed by atoms with Gasteiger partial charge in [-0.15, -0.1) is 5.10 Å². The third-order valence-corrected chi connectivity index (χ3v) is 2.52. The summed E-state index contributed by atoms with van der Waals surface area (Å²) in [6.07, 6.45) is 0.895. The fraction of sp³-hybridized carbons (Fsp3) is 0.583. The fourth-order valence-corrected chi connectivity index (χ4v) is 1.37. The molecule has 1 heterocycles. The summed E-state index contributed by atoms with van der Waals surface area (Å²) in [7, 11) is 4.02. The second-order valence-electron chi connectivity index (χ2n) is 4.21. The maximum absolute atomic E-state index is 9.06. The predicted molar refractivity (Wildman–Crippen MR) is 64.9 cm³/mol. The van der Waals surface area contributed by atoms with Crippen LogP contribution in [0, 0.1) is 25.2 Å². The van der Waals surface area contributed by atoms with E-state index < -0.39 is 0 Å². The number of nitrogens with zero attached hydrogens (tertiary/aromatic N) is 4. The summed E-state index contributed by atoms with van der Waals surface area (Å²) in [6, 6.07) is 2.12. The van der Waals surface area contributed by atoms with E-state index in [-0.39, 0.29) is 0 Å². The molecule has 0 aromatic carbocycles. The molecule has 17 heavy (non-hydrogen) atoms. The van der Waals surface area contributed by atoms with Gasteiger partial charge in [0.25, 0.3) is 5.88 Å². The van der Waals surface area contributed by atoms with Crippen molar-refractivity contribution < 1.29 is 4.74 Å². The van der Waals surface area contributed by atoms with E-state index in [4.69, 9.17) is 10.00 Å². The van der Waals surface area contributed by atoms with Crippen molar-refractivity contribution in [2.75, 3.05) is 27.2 Å². The Hall–Kier alpha value is -1.67. The van der Waals surface area contributed by atoms with Gasteiger partial charge in [-0.3, -0.25) is 0 Å². The largest absolute Gasteiger partial charge is 0.476 e. The smallest absolute Gasteiger partial charge is 0.251 e. The van der Waals surface area contributed by atoms with Crippen molar-refractivity contribution in [3.8, 4) is 11.9 Å². The Labute approximate surface area is 102 Å². The Morgan fingerprint density at radius 2 is 2.00 bits per heavy atom. The topological polar surface area (TPSA) is 62.0 Å². The van der Waals surface area contributed by atoms with Crippen LogP contribution < -0.4 is 4.74 Å². The molecule has 0 spiro atoms. The number of hydrogen-bond acceptors (Lipinski definition) is 5. The number of aryl methyl sites for hydroxylation is 1. The van der Waals surface area contributed by atoms with Crippen LogP contribution in [-0.4, -0.2) is 42.3 Å². The Bertz CT molecular complexity index is 423. The molecule has 0 fully saturated rings. The molecule has 0 aliphatic rings. The molecule has 0 atom stereocenters. The van der Waals surface area contributed by atoms with Gasteiger partial charge in [0, 0.05) is 6.54 Å². The summed E-state index contributed by atoms with van der Waals surface area (Å²) < 4.78 is 5.49. The van der Waals surface area contributed by atoms with Crippen molar-refractivity contribution in [2.45, 2.75) is 20.3 Å². The SMILES string of the molecule is Cc1nnc(OCCCN(C)C)c(C#N)c1C. The maximum Gasteiger partial charge on any atom is 0.251 e. The summed E-state index contributed by atoms with van der Waals surface area (Å²) >= 11 is 0. The number of aromatic nitrogens is 2. The molecule has 0 N–H and O–H groups in total. The van der Waals surface area contributed by atoms with E-state index in [9.17, 15) is 0 Å². The van der Waals surface area contributed by atoms with Gasteiger partial charge < -0.3 is 9.64 Å². The van der Waals surface area contributed by atoms with Crippen LogP contribution in [0.1, 0.15) is 23.2 Å². The van der Waals surface area contributed by atoms with E-state index in [0.717, 1.165) is 24.2 Å². The number of hydrogen-bond donors (Lipinski definition) is 0. The molecule has 1 rings (SSSR count). The lowest BCUT2D eigenvalue weighted by atomic mass is 10.1. The average molecular weight is 234 g/mol. The quantitative estimate of drug-likeness (QED) is 0.718. The van der Waals surface area contributed by atoms with Crippen LogP contribution in [0.2, 0.25) is 0 Å². The zero-order valence-corrected chi connectivity index (χ0v) is 10.8. The molecule has 0 aliphatic heterocycles. The van der Waals surface area contributed by atoms with Gasteiger partial charge >= 0.3 is 0 Å². The van der Waals surface area contributed by atoms with Crippen molar-refractivity contribution in [2.24, 2.45) is 0 Å². The summed E-state index contributed by atoms with van der Waals surface area (Å²) in [6.45, 7) is 5.18. The zero-order valence-electron chi connectivity index (χ0n) is 10.8. The molecular weight excluding hydrogens is 216 g/mol. The van der Waals surface area contributed by atoms with Crippen molar-refractivity contribution in [1.82, 2.24) is 15.1 Å². The number of nitriles is 1. The molecular formula is C12H18N4O. The van der Waals surface area contributed by atoms with Crippen LogP contribution >= 0.6 is 0 Å². The van der Waals surface area contributed by atoms with E-state index in [1.807, 2.05) is 27.9 Å². The highest BCUT2D eigenvalue weighted by molar-refractivity contribution is 5.44. The minimum Gasteiger partial charge on any atom is -0.476 e. The molecule has 0 bridgehead atoms. The van der Waals surface area contributed by atoms with Crippen LogP contribution in [-0.2, 0) is 0 Å². The van der Waals surface area contributed by atoms with Gasteiger partial charge in [0.15, 0.2) is 0 Å². The van der Waals surface area contributed by atoms with Gasteiger partial charge in [0.1, 0.15) is 11.6 Å². The van der Waals surface area contributed by atoms with Crippen molar-refractivity contribution in [1.29, 1.82) is 5.26 Å². The van der Waals surface area contributed by atoms with Gasteiger partial charge in [-0.05, 0) is 39.9 Å². The highest BCUT2D eigenvalue weighted by Gasteiger charge is 2.11. The second kappa shape index (κ2) is 6.16. The normalized spacial score (nSPS) is 10.4. The van der Waals surface area contributed by atoms with Crippen molar-refractivity contribution in [3.05, 3.63) is 16.8 Å². The van der Waals surface area contributed by atoms with E-state index in [1.54, 1.807) is 0 Å². The van der Waals surface area contributed by atoms with Gasteiger partial charge in [-0.2, -0.15) is 10.4 Å². The molecule has 0 radical (unpaired) electrons. The van der Waals surface area contributed by atoms with Crippen molar-refractivity contribution in [3.63, 3.8) is 0 Å². The molecule has 0 saturated carbocycles. The Kier molecular flexibility index (Phi) is 4.85. The lowest BCUT2D eigenvalue weighted by Crippen LogP contribution is -2.16. The Morgan fingerprint density at radius 1 is 1.29 bits per heavy atom. The van der Waals surface area contributed by atoms with Crippen LogP contribution in [0.15, 0.2) is 0 Å².